The van der Waals surface area contributed by atoms with Gasteiger partial charge in [0.2, 0.25) is 0 Å². The first kappa shape index (κ1) is 16.2. The molecule has 1 aromatic carbocycles. The minimum Gasteiger partial charge on any atom is -0.313 e. The van der Waals surface area contributed by atoms with Crippen LogP contribution in [0.5, 0.6) is 0 Å². The van der Waals surface area contributed by atoms with Crippen LogP contribution in [0.4, 0.5) is 0 Å². The van der Waals surface area contributed by atoms with Gasteiger partial charge in [-0.25, -0.2) is 0 Å². The fraction of sp³-hybridized carbons (Fsp3) is 0.647. The Hall–Kier alpha value is -0.860. The Morgan fingerprint density at radius 3 is 2.63 bits per heavy atom. The smallest absolute Gasteiger partial charge is 0.0230 e. The van der Waals surface area contributed by atoms with Crippen LogP contribution in [0.3, 0.4) is 0 Å². The summed E-state index contributed by atoms with van der Waals surface area (Å²) in [4.78, 5) is 2.42. The van der Waals surface area contributed by atoms with Gasteiger partial charge >= 0.3 is 0 Å². The van der Waals surface area contributed by atoms with Gasteiger partial charge in [-0.1, -0.05) is 51.5 Å². The van der Waals surface area contributed by atoms with Crippen molar-refractivity contribution in [2.75, 3.05) is 20.1 Å². The Kier molecular flexibility index (Phi) is 7.76. The second-order valence-electron chi connectivity index (χ2n) is 5.71. The van der Waals surface area contributed by atoms with Crippen molar-refractivity contribution in [3.05, 3.63) is 35.4 Å². The van der Waals surface area contributed by atoms with Gasteiger partial charge in [0.25, 0.3) is 0 Å². The number of rotatable bonds is 9. The van der Waals surface area contributed by atoms with Crippen LogP contribution in [0.1, 0.15) is 44.7 Å². The van der Waals surface area contributed by atoms with Gasteiger partial charge in [0.15, 0.2) is 0 Å². The van der Waals surface area contributed by atoms with Crippen molar-refractivity contribution in [3.8, 4) is 0 Å². The zero-order valence-corrected chi connectivity index (χ0v) is 13.1. The second kappa shape index (κ2) is 9.11. The third kappa shape index (κ3) is 6.74. The molecule has 19 heavy (non-hydrogen) atoms. The lowest BCUT2D eigenvalue weighted by atomic mass is 10.1. The highest BCUT2D eigenvalue weighted by Crippen LogP contribution is 2.10. The first-order valence-electron chi connectivity index (χ1n) is 7.62. The quantitative estimate of drug-likeness (QED) is 0.683. The van der Waals surface area contributed by atoms with E-state index in [4.69, 9.17) is 0 Å². The summed E-state index contributed by atoms with van der Waals surface area (Å²) < 4.78 is 0. The number of hydrogen-bond acceptors (Lipinski definition) is 2. The van der Waals surface area contributed by atoms with Crippen LogP contribution >= 0.6 is 0 Å². The predicted octanol–water partition coefficient (Wildman–Crippen LogP) is 3.66. The molecule has 0 saturated carbocycles. The summed E-state index contributed by atoms with van der Waals surface area (Å²) in [5.41, 5.74) is 2.81. The van der Waals surface area contributed by atoms with E-state index in [0.29, 0.717) is 0 Å². The first-order valence-corrected chi connectivity index (χ1v) is 7.62. The molecule has 0 amide bonds. The molecule has 1 aromatic rings. The van der Waals surface area contributed by atoms with E-state index in [-0.39, 0.29) is 0 Å². The predicted molar refractivity (Wildman–Crippen MR) is 84.2 cm³/mol. The lowest BCUT2D eigenvalue weighted by molar-refractivity contribution is 0.275. The van der Waals surface area contributed by atoms with Crippen LogP contribution in [-0.4, -0.2) is 25.0 Å². The van der Waals surface area contributed by atoms with E-state index in [9.17, 15) is 0 Å². The average molecular weight is 262 g/mol. The molecular weight excluding hydrogens is 232 g/mol. The second-order valence-corrected chi connectivity index (χ2v) is 5.71. The Labute approximate surface area is 119 Å². The molecule has 0 radical (unpaired) electrons. The Bertz CT molecular complexity index is 349. The van der Waals surface area contributed by atoms with E-state index >= 15 is 0 Å². The van der Waals surface area contributed by atoms with E-state index in [1.54, 1.807) is 0 Å². The lowest BCUT2D eigenvalue weighted by Crippen LogP contribution is -2.23. The maximum atomic E-state index is 3.46. The van der Waals surface area contributed by atoms with E-state index < -0.39 is 0 Å². The van der Waals surface area contributed by atoms with Gasteiger partial charge in [-0.05, 0) is 37.1 Å². The maximum absolute atomic E-state index is 3.46. The molecule has 0 bridgehead atoms. The van der Waals surface area contributed by atoms with Gasteiger partial charge in [0.1, 0.15) is 0 Å². The van der Waals surface area contributed by atoms with Gasteiger partial charge < -0.3 is 10.2 Å². The highest BCUT2D eigenvalue weighted by atomic mass is 15.1. The van der Waals surface area contributed by atoms with Crippen molar-refractivity contribution in [1.82, 2.24) is 10.2 Å². The number of nitrogens with one attached hydrogen (secondary N) is 1. The standard InChI is InChI=1S/C17H30N2/c1-5-10-18-12-16-8-7-9-17(11-16)14-19(4)13-15(3)6-2/h7-9,11,15,18H,5-6,10,12-14H2,1-4H3. The van der Waals surface area contributed by atoms with Crippen LogP contribution in [0.2, 0.25) is 0 Å². The summed E-state index contributed by atoms with van der Waals surface area (Å²) in [5.74, 6) is 0.777. The van der Waals surface area contributed by atoms with Crippen molar-refractivity contribution in [3.63, 3.8) is 0 Å². The summed E-state index contributed by atoms with van der Waals surface area (Å²) in [7, 11) is 2.22. The molecule has 0 saturated heterocycles. The van der Waals surface area contributed by atoms with Gasteiger partial charge in [-0.2, -0.15) is 0 Å². The minimum atomic E-state index is 0.777. The molecule has 1 unspecified atom stereocenters. The Balaban J connectivity index is 2.47. The summed E-state index contributed by atoms with van der Waals surface area (Å²) in [5, 5.41) is 3.46. The van der Waals surface area contributed by atoms with Crippen LogP contribution in [-0.2, 0) is 13.1 Å². The molecule has 0 aromatic heterocycles. The molecule has 2 heteroatoms. The molecule has 0 aliphatic heterocycles. The molecule has 1 rings (SSSR count). The third-order valence-corrected chi connectivity index (χ3v) is 3.52. The van der Waals surface area contributed by atoms with Crippen molar-refractivity contribution >= 4 is 0 Å². The van der Waals surface area contributed by atoms with E-state index in [0.717, 1.165) is 25.6 Å². The van der Waals surface area contributed by atoms with Crippen molar-refractivity contribution in [2.45, 2.75) is 46.7 Å². The largest absolute Gasteiger partial charge is 0.313 e. The highest BCUT2D eigenvalue weighted by molar-refractivity contribution is 5.23. The average Bonchev–Trinajstić information content (AvgIpc) is 2.39. The SMILES string of the molecule is CCCNCc1cccc(CN(C)CC(C)CC)c1. The van der Waals surface area contributed by atoms with Crippen LogP contribution in [0.25, 0.3) is 0 Å². The molecule has 0 spiro atoms. The van der Waals surface area contributed by atoms with Crippen molar-refractivity contribution < 1.29 is 0 Å². The summed E-state index contributed by atoms with van der Waals surface area (Å²) in [6.45, 7) is 11.1. The molecule has 0 fully saturated rings. The molecule has 0 aliphatic carbocycles. The lowest BCUT2D eigenvalue weighted by Gasteiger charge is -2.20. The fourth-order valence-corrected chi connectivity index (χ4v) is 2.28. The zero-order valence-electron chi connectivity index (χ0n) is 13.1. The van der Waals surface area contributed by atoms with Crippen molar-refractivity contribution in [2.24, 2.45) is 5.92 Å². The number of hydrogen-bond donors (Lipinski definition) is 1. The molecule has 0 heterocycles. The highest BCUT2D eigenvalue weighted by Gasteiger charge is 2.05. The zero-order chi connectivity index (χ0) is 14.1. The molecule has 108 valence electrons. The molecule has 2 nitrogen and oxygen atoms in total. The first-order chi connectivity index (χ1) is 9.15. The normalized spacial score (nSPS) is 12.9. The topological polar surface area (TPSA) is 15.3 Å². The molecule has 0 aliphatic rings. The van der Waals surface area contributed by atoms with E-state index in [1.807, 2.05) is 0 Å². The van der Waals surface area contributed by atoms with Crippen LogP contribution in [0, 0.1) is 5.92 Å². The Morgan fingerprint density at radius 1 is 1.21 bits per heavy atom. The van der Waals surface area contributed by atoms with Crippen LogP contribution < -0.4 is 5.32 Å². The fourth-order valence-electron chi connectivity index (χ4n) is 2.28. The van der Waals surface area contributed by atoms with Gasteiger partial charge in [-0.3, -0.25) is 0 Å². The van der Waals surface area contributed by atoms with Gasteiger partial charge in [0, 0.05) is 19.6 Å². The summed E-state index contributed by atoms with van der Waals surface area (Å²) >= 11 is 0. The van der Waals surface area contributed by atoms with Crippen LogP contribution in [0.15, 0.2) is 24.3 Å². The summed E-state index contributed by atoms with van der Waals surface area (Å²) in [6.07, 6.45) is 2.45. The van der Waals surface area contributed by atoms with E-state index in [2.05, 4.69) is 62.3 Å². The minimum absolute atomic E-state index is 0.777. The molecule has 1 N–H and O–H groups in total. The Morgan fingerprint density at radius 2 is 1.95 bits per heavy atom. The monoisotopic (exact) mass is 262 g/mol. The number of benzene rings is 1. The van der Waals surface area contributed by atoms with E-state index in [1.165, 1.54) is 30.5 Å². The third-order valence-electron chi connectivity index (χ3n) is 3.52. The van der Waals surface area contributed by atoms with Gasteiger partial charge in [-0.15, -0.1) is 0 Å². The molecule has 1 atom stereocenters. The maximum Gasteiger partial charge on any atom is 0.0230 e. The summed E-state index contributed by atoms with van der Waals surface area (Å²) in [6, 6.07) is 8.95. The van der Waals surface area contributed by atoms with Gasteiger partial charge in [0.05, 0.1) is 0 Å². The molecular formula is C17H30N2. The van der Waals surface area contributed by atoms with Crippen molar-refractivity contribution in [1.29, 1.82) is 0 Å². The number of nitrogens with zero attached hydrogens (tertiary/aromatic N) is 1.